The highest BCUT2D eigenvalue weighted by Gasteiger charge is 2.09. The van der Waals surface area contributed by atoms with Gasteiger partial charge in [0.25, 0.3) is 0 Å². The first-order chi connectivity index (χ1) is 8.00. The molecular formula is C12H15BrN2O2. The van der Waals surface area contributed by atoms with Crippen LogP contribution in [0.25, 0.3) is 0 Å². The minimum atomic E-state index is -0.245. The van der Waals surface area contributed by atoms with Gasteiger partial charge in [0, 0.05) is 10.4 Å². The third-order valence-electron chi connectivity index (χ3n) is 2.10. The lowest BCUT2D eigenvalue weighted by Crippen LogP contribution is -2.35. The molecule has 2 N–H and O–H groups in total. The molecule has 0 atom stereocenters. The second-order valence-electron chi connectivity index (χ2n) is 3.90. The molecule has 0 aliphatic rings. The number of carbonyl (C=O) groups excluding carboxylic acids is 2. The maximum absolute atomic E-state index is 11.5. The van der Waals surface area contributed by atoms with Crippen LogP contribution in [-0.4, -0.2) is 18.4 Å². The van der Waals surface area contributed by atoms with Gasteiger partial charge in [-0.05, 0) is 28.1 Å². The summed E-state index contributed by atoms with van der Waals surface area (Å²) in [5, 5.41) is 5.26. The molecule has 1 rings (SSSR count). The highest BCUT2D eigenvalue weighted by Crippen LogP contribution is 2.20. The molecular weight excluding hydrogens is 284 g/mol. The van der Waals surface area contributed by atoms with E-state index in [0.717, 1.165) is 4.47 Å². The summed E-state index contributed by atoms with van der Waals surface area (Å²) in [7, 11) is 0. The van der Waals surface area contributed by atoms with Gasteiger partial charge in [0.1, 0.15) is 0 Å². The molecule has 0 saturated carbocycles. The van der Waals surface area contributed by atoms with Crippen LogP contribution in [-0.2, 0) is 9.59 Å². The van der Waals surface area contributed by atoms with Crippen molar-refractivity contribution >= 4 is 33.4 Å². The Hall–Kier alpha value is -1.36. The van der Waals surface area contributed by atoms with Gasteiger partial charge in [-0.25, -0.2) is 0 Å². The van der Waals surface area contributed by atoms with Crippen LogP contribution in [0.4, 0.5) is 5.69 Å². The molecule has 1 aromatic carbocycles. The van der Waals surface area contributed by atoms with Gasteiger partial charge in [-0.1, -0.05) is 26.0 Å². The number of hydrogen-bond donors (Lipinski definition) is 2. The lowest BCUT2D eigenvalue weighted by Gasteiger charge is -2.09. The number of halogens is 1. The summed E-state index contributed by atoms with van der Waals surface area (Å²) < 4.78 is 0.809. The van der Waals surface area contributed by atoms with Crippen LogP contribution in [0.15, 0.2) is 28.7 Å². The lowest BCUT2D eigenvalue weighted by atomic mass is 10.2. The molecule has 2 amide bonds. The Morgan fingerprint density at radius 1 is 1.29 bits per heavy atom. The standard InChI is InChI=1S/C12H15BrN2O2/c1-8(2)12(17)14-7-11(16)15-10-6-4-3-5-9(10)13/h3-6,8H,7H2,1-2H3,(H,14,17)(H,15,16). The second kappa shape index (κ2) is 6.39. The minimum absolute atomic E-state index is 0.0155. The summed E-state index contributed by atoms with van der Waals surface area (Å²) >= 11 is 3.33. The van der Waals surface area contributed by atoms with E-state index in [1.54, 1.807) is 19.9 Å². The summed E-state index contributed by atoms with van der Waals surface area (Å²) in [6.07, 6.45) is 0. The average Bonchev–Trinajstić information content (AvgIpc) is 2.29. The first kappa shape index (κ1) is 13.7. The molecule has 4 nitrogen and oxygen atoms in total. The number of anilines is 1. The van der Waals surface area contributed by atoms with E-state index in [9.17, 15) is 9.59 Å². The highest BCUT2D eigenvalue weighted by atomic mass is 79.9. The van der Waals surface area contributed by atoms with E-state index in [2.05, 4.69) is 26.6 Å². The molecule has 5 heteroatoms. The zero-order chi connectivity index (χ0) is 12.8. The van der Waals surface area contributed by atoms with Crippen molar-refractivity contribution in [2.24, 2.45) is 5.92 Å². The lowest BCUT2D eigenvalue weighted by molar-refractivity contribution is -0.126. The molecule has 0 aliphatic carbocycles. The zero-order valence-electron chi connectivity index (χ0n) is 9.79. The molecule has 17 heavy (non-hydrogen) atoms. The van der Waals surface area contributed by atoms with Gasteiger partial charge in [0.05, 0.1) is 12.2 Å². The Morgan fingerprint density at radius 2 is 1.94 bits per heavy atom. The number of nitrogens with one attached hydrogen (secondary N) is 2. The van der Waals surface area contributed by atoms with Gasteiger partial charge in [-0.2, -0.15) is 0 Å². The second-order valence-corrected chi connectivity index (χ2v) is 4.75. The van der Waals surface area contributed by atoms with Crippen molar-refractivity contribution in [3.05, 3.63) is 28.7 Å². The number of carbonyl (C=O) groups is 2. The summed E-state index contributed by atoms with van der Waals surface area (Å²) in [6, 6.07) is 7.31. The van der Waals surface area contributed by atoms with E-state index in [0.29, 0.717) is 5.69 Å². The predicted octanol–water partition coefficient (Wildman–Crippen LogP) is 2.16. The molecule has 92 valence electrons. The number of amides is 2. The fourth-order valence-electron chi connectivity index (χ4n) is 1.13. The first-order valence-corrected chi connectivity index (χ1v) is 6.12. The molecule has 0 spiro atoms. The predicted molar refractivity (Wildman–Crippen MR) is 70.6 cm³/mol. The van der Waals surface area contributed by atoms with Crippen molar-refractivity contribution in [3.8, 4) is 0 Å². The van der Waals surface area contributed by atoms with Gasteiger partial charge in [0.2, 0.25) is 11.8 Å². The van der Waals surface area contributed by atoms with E-state index in [1.807, 2.05) is 18.2 Å². The van der Waals surface area contributed by atoms with Gasteiger partial charge in [0.15, 0.2) is 0 Å². The van der Waals surface area contributed by atoms with E-state index in [-0.39, 0.29) is 24.3 Å². The summed E-state index contributed by atoms with van der Waals surface area (Å²) in [5.41, 5.74) is 0.691. The third-order valence-corrected chi connectivity index (χ3v) is 2.79. The molecule has 0 aromatic heterocycles. The number of para-hydroxylation sites is 1. The number of rotatable bonds is 4. The number of hydrogen-bond acceptors (Lipinski definition) is 2. The maximum atomic E-state index is 11.5. The Bertz CT molecular complexity index is 419. The fourth-order valence-corrected chi connectivity index (χ4v) is 1.51. The van der Waals surface area contributed by atoms with E-state index in [1.165, 1.54) is 0 Å². The molecule has 0 saturated heterocycles. The Balaban J connectivity index is 2.46. The number of benzene rings is 1. The van der Waals surface area contributed by atoms with Gasteiger partial charge >= 0.3 is 0 Å². The Morgan fingerprint density at radius 3 is 2.53 bits per heavy atom. The summed E-state index contributed by atoms with van der Waals surface area (Å²) in [4.78, 5) is 22.8. The van der Waals surface area contributed by atoms with Crippen molar-refractivity contribution in [2.75, 3.05) is 11.9 Å². The largest absolute Gasteiger partial charge is 0.347 e. The summed E-state index contributed by atoms with van der Waals surface area (Å²) in [6.45, 7) is 3.54. The van der Waals surface area contributed by atoms with Gasteiger partial charge in [-0.3, -0.25) is 9.59 Å². The smallest absolute Gasteiger partial charge is 0.243 e. The molecule has 0 aliphatic heterocycles. The van der Waals surface area contributed by atoms with Crippen molar-refractivity contribution in [1.29, 1.82) is 0 Å². The molecule has 0 radical (unpaired) electrons. The SMILES string of the molecule is CC(C)C(=O)NCC(=O)Nc1ccccc1Br. The fraction of sp³-hybridized carbons (Fsp3) is 0.333. The monoisotopic (exact) mass is 298 g/mol. The molecule has 0 bridgehead atoms. The average molecular weight is 299 g/mol. The molecule has 0 heterocycles. The van der Waals surface area contributed by atoms with E-state index in [4.69, 9.17) is 0 Å². The molecule has 0 unspecified atom stereocenters. The van der Waals surface area contributed by atoms with Crippen LogP contribution in [0.2, 0.25) is 0 Å². The van der Waals surface area contributed by atoms with Crippen LogP contribution in [0.5, 0.6) is 0 Å². The first-order valence-electron chi connectivity index (χ1n) is 5.33. The van der Waals surface area contributed by atoms with Crippen LogP contribution in [0, 0.1) is 5.92 Å². The van der Waals surface area contributed by atoms with Crippen molar-refractivity contribution in [3.63, 3.8) is 0 Å². The van der Waals surface area contributed by atoms with Crippen molar-refractivity contribution in [1.82, 2.24) is 5.32 Å². The van der Waals surface area contributed by atoms with Crippen molar-refractivity contribution < 1.29 is 9.59 Å². The Labute approximate surface area is 109 Å². The maximum Gasteiger partial charge on any atom is 0.243 e. The highest BCUT2D eigenvalue weighted by molar-refractivity contribution is 9.10. The Kier molecular flexibility index (Phi) is 5.15. The normalized spacial score (nSPS) is 10.1. The van der Waals surface area contributed by atoms with Crippen LogP contribution >= 0.6 is 15.9 Å². The van der Waals surface area contributed by atoms with Gasteiger partial charge < -0.3 is 10.6 Å². The third kappa shape index (κ3) is 4.56. The molecule has 0 fully saturated rings. The minimum Gasteiger partial charge on any atom is -0.347 e. The zero-order valence-corrected chi connectivity index (χ0v) is 11.4. The topological polar surface area (TPSA) is 58.2 Å². The van der Waals surface area contributed by atoms with Gasteiger partial charge in [-0.15, -0.1) is 0 Å². The summed E-state index contributed by atoms with van der Waals surface area (Å²) in [5.74, 6) is -0.496. The van der Waals surface area contributed by atoms with E-state index >= 15 is 0 Å². The van der Waals surface area contributed by atoms with Crippen LogP contribution < -0.4 is 10.6 Å². The van der Waals surface area contributed by atoms with Crippen molar-refractivity contribution in [2.45, 2.75) is 13.8 Å². The van der Waals surface area contributed by atoms with Crippen LogP contribution in [0.1, 0.15) is 13.8 Å². The quantitative estimate of drug-likeness (QED) is 0.895. The van der Waals surface area contributed by atoms with Crippen LogP contribution in [0.3, 0.4) is 0 Å². The van der Waals surface area contributed by atoms with E-state index < -0.39 is 0 Å². The molecule has 1 aromatic rings.